The number of aryl methyl sites for hydroxylation is 2. The van der Waals surface area contributed by atoms with E-state index in [1.165, 1.54) is 11.1 Å². The van der Waals surface area contributed by atoms with E-state index in [2.05, 4.69) is 77.4 Å². The number of ether oxygens (including phenoxy) is 1. The van der Waals surface area contributed by atoms with Gasteiger partial charge in [-0.3, -0.25) is 15.1 Å². The summed E-state index contributed by atoms with van der Waals surface area (Å²) >= 11 is 0. The Bertz CT molecular complexity index is 1510. The average molecular weight is 617 g/mol. The lowest BCUT2D eigenvalue weighted by Crippen LogP contribution is -2.53. The van der Waals surface area contributed by atoms with Crippen LogP contribution in [0.25, 0.3) is 22.2 Å². The van der Waals surface area contributed by atoms with Gasteiger partial charge in [0.1, 0.15) is 0 Å². The maximum Gasteiger partial charge on any atom is 0.414 e. The molecule has 0 aliphatic carbocycles. The third-order valence-corrected chi connectivity index (χ3v) is 8.71. The minimum Gasteiger partial charge on any atom is -0.447 e. The molecule has 2 heterocycles. The highest BCUT2D eigenvalue weighted by Crippen LogP contribution is 2.35. The number of piperazine rings is 1. The van der Waals surface area contributed by atoms with Crippen molar-refractivity contribution in [1.29, 1.82) is 0 Å². The van der Waals surface area contributed by atoms with Crippen molar-refractivity contribution in [3.05, 3.63) is 58.7 Å². The van der Waals surface area contributed by atoms with Crippen LogP contribution in [-0.2, 0) is 21.4 Å². The number of carbonyl (C=O) groups excluding carboxylic acids is 2. The van der Waals surface area contributed by atoms with E-state index >= 15 is 0 Å². The first-order chi connectivity index (χ1) is 21.3. The minimum atomic E-state index is -0.678. The Morgan fingerprint density at radius 1 is 1.02 bits per heavy atom. The van der Waals surface area contributed by atoms with Crippen LogP contribution in [0.3, 0.4) is 0 Å². The topological polar surface area (TPSA) is 93.3 Å². The molecule has 0 radical (unpaired) electrons. The molecule has 9 heteroatoms. The van der Waals surface area contributed by atoms with Gasteiger partial charge in [0.05, 0.1) is 11.5 Å². The number of aromatic amines is 1. The Morgan fingerprint density at radius 2 is 1.67 bits per heavy atom. The number of amides is 2. The number of aliphatic imine (C=N–C) groups is 1. The van der Waals surface area contributed by atoms with Crippen LogP contribution in [0.2, 0.25) is 0 Å². The van der Waals surface area contributed by atoms with Gasteiger partial charge in [-0.1, -0.05) is 23.3 Å². The number of nitrogens with one attached hydrogen (secondary N) is 2. The molecule has 0 spiro atoms. The molecule has 244 valence electrons. The Morgan fingerprint density at radius 3 is 2.27 bits per heavy atom. The SMILES string of the molecule is CCN(CC)C(=O)C(C)(C)c1ccc2[nH]c(-c3cc(C)cc(C)c3)c(CCN=C(NC(=O)OC(C)C)N3CCN(C)CC3)c2c1. The van der Waals surface area contributed by atoms with Gasteiger partial charge in [0.2, 0.25) is 11.9 Å². The average Bonchev–Trinajstić information content (AvgIpc) is 3.34. The summed E-state index contributed by atoms with van der Waals surface area (Å²) in [7, 11) is 2.10. The van der Waals surface area contributed by atoms with Crippen LogP contribution in [-0.4, -0.2) is 96.6 Å². The van der Waals surface area contributed by atoms with Crippen LogP contribution in [0.1, 0.15) is 63.8 Å². The van der Waals surface area contributed by atoms with Gasteiger partial charge in [-0.25, -0.2) is 4.79 Å². The highest BCUT2D eigenvalue weighted by Gasteiger charge is 2.33. The van der Waals surface area contributed by atoms with E-state index in [0.29, 0.717) is 32.0 Å². The molecule has 1 aliphatic rings. The molecule has 2 amide bonds. The molecule has 2 aromatic carbocycles. The number of rotatable bonds is 9. The molecule has 1 aromatic heterocycles. The van der Waals surface area contributed by atoms with E-state index in [4.69, 9.17) is 9.73 Å². The monoisotopic (exact) mass is 616 g/mol. The molecule has 1 saturated heterocycles. The first-order valence-electron chi connectivity index (χ1n) is 16.3. The lowest BCUT2D eigenvalue weighted by atomic mass is 9.82. The fraction of sp³-hybridized carbons (Fsp3) is 0.528. The number of guanidine groups is 1. The number of likely N-dealkylation sites (N-methyl/N-ethyl adjacent to an activating group) is 2. The zero-order valence-electron chi connectivity index (χ0n) is 28.7. The summed E-state index contributed by atoms with van der Waals surface area (Å²) in [6.45, 7) is 21.2. The Kier molecular flexibility index (Phi) is 11.0. The Balaban J connectivity index is 1.75. The van der Waals surface area contributed by atoms with Gasteiger partial charge >= 0.3 is 6.09 Å². The maximum atomic E-state index is 13.6. The largest absolute Gasteiger partial charge is 0.447 e. The van der Waals surface area contributed by atoms with E-state index in [1.54, 1.807) is 0 Å². The molecule has 0 saturated carbocycles. The van der Waals surface area contributed by atoms with Crippen molar-refractivity contribution in [2.45, 2.75) is 73.3 Å². The van der Waals surface area contributed by atoms with Gasteiger partial charge in [-0.05, 0) is 110 Å². The highest BCUT2D eigenvalue weighted by atomic mass is 16.6. The fourth-order valence-corrected chi connectivity index (χ4v) is 6.14. The third-order valence-electron chi connectivity index (χ3n) is 8.71. The number of alkyl carbamates (subject to hydrolysis) is 1. The molecule has 1 aliphatic heterocycles. The van der Waals surface area contributed by atoms with E-state index in [1.807, 2.05) is 46.4 Å². The summed E-state index contributed by atoms with van der Waals surface area (Å²) in [6.07, 6.45) is -0.0678. The molecule has 0 unspecified atom stereocenters. The van der Waals surface area contributed by atoms with Crippen molar-refractivity contribution in [2.75, 3.05) is 52.9 Å². The van der Waals surface area contributed by atoms with Crippen LogP contribution < -0.4 is 5.32 Å². The van der Waals surface area contributed by atoms with Crippen LogP contribution >= 0.6 is 0 Å². The lowest BCUT2D eigenvalue weighted by molar-refractivity contribution is -0.135. The van der Waals surface area contributed by atoms with E-state index < -0.39 is 11.5 Å². The van der Waals surface area contributed by atoms with E-state index in [9.17, 15) is 9.59 Å². The maximum absolute atomic E-state index is 13.6. The van der Waals surface area contributed by atoms with Crippen molar-refractivity contribution in [1.82, 2.24) is 25.0 Å². The first-order valence-corrected chi connectivity index (χ1v) is 16.3. The van der Waals surface area contributed by atoms with Crippen molar-refractivity contribution in [3.63, 3.8) is 0 Å². The van der Waals surface area contributed by atoms with Crippen LogP contribution in [0.15, 0.2) is 41.4 Å². The second-order valence-electron chi connectivity index (χ2n) is 13.0. The number of H-pyrrole nitrogens is 1. The van der Waals surface area contributed by atoms with Crippen LogP contribution in [0, 0.1) is 13.8 Å². The minimum absolute atomic E-state index is 0.124. The molecular weight excluding hydrogens is 564 g/mol. The Labute approximate surface area is 269 Å². The molecule has 9 nitrogen and oxygen atoms in total. The summed E-state index contributed by atoms with van der Waals surface area (Å²) < 4.78 is 5.40. The summed E-state index contributed by atoms with van der Waals surface area (Å²) in [4.78, 5) is 41.1. The smallest absolute Gasteiger partial charge is 0.414 e. The Hall–Kier alpha value is -3.85. The normalized spacial score (nSPS) is 14.7. The van der Waals surface area contributed by atoms with Crippen LogP contribution in [0.5, 0.6) is 0 Å². The third kappa shape index (κ3) is 8.06. The lowest BCUT2D eigenvalue weighted by Gasteiger charge is -2.34. The number of benzene rings is 2. The van der Waals surface area contributed by atoms with Gasteiger partial charge in [-0.15, -0.1) is 0 Å². The molecule has 0 bridgehead atoms. The molecule has 45 heavy (non-hydrogen) atoms. The number of hydrogen-bond acceptors (Lipinski definition) is 5. The molecule has 1 fully saturated rings. The predicted octanol–water partition coefficient (Wildman–Crippen LogP) is 5.88. The van der Waals surface area contributed by atoms with Gasteiger partial charge in [-0.2, -0.15) is 0 Å². The second kappa shape index (κ2) is 14.5. The van der Waals surface area contributed by atoms with Crippen molar-refractivity contribution in [3.8, 4) is 11.3 Å². The number of carbonyl (C=O) groups is 2. The standard InChI is InChI=1S/C36H52N6O3/c1-10-41(11-2)33(43)36(7,8)28-12-13-31-30(23-28)29(32(38-31)27-21-25(5)20-26(6)22-27)14-15-37-34(39-35(44)45-24(3)4)42-18-16-40(9)17-19-42/h12-13,20-24,38H,10-11,14-19H2,1-9H3,(H,37,39,44). The fourth-order valence-electron chi connectivity index (χ4n) is 6.14. The van der Waals surface area contributed by atoms with E-state index in [-0.39, 0.29) is 12.0 Å². The molecule has 3 aromatic rings. The van der Waals surface area contributed by atoms with Crippen molar-refractivity contribution in [2.24, 2.45) is 4.99 Å². The van der Waals surface area contributed by atoms with Crippen molar-refractivity contribution < 1.29 is 14.3 Å². The second-order valence-corrected chi connectivity index (χ2v) is 13.0. The van der Waals surface area contributed by atoms with Gasteiger partial charge < -0.3 is 24.4 Å². The first kappa shape index (κ1) is 34.0. The van der Waals surface area contributed by atoms with Gasteiger partial charge in [0.15, 0.2) is 0 Å². The van der Waals surface area contributed by atoms with E-state index in [0.717, 1.165) is 59.5 Å². The quantitative estimate of drug-likeness (QED) is 0.232. The van der Waals surface area contributed by atoms with Gasteiger partial charge in [0, 0.05) is 62.4 Å². The number of aromatic nitrogens is 1. The zero-order valence-corrected chi connectivity index (χ0v) is 28.7. The number of nitrogens with zero attached hydrogens (tertiary/aromatic N) is 4. The molecule has 0 atom stereocenters. The van der Waals surface area contributed by atoms with Crippen molar-refractivity contribution >= 4 is 28.9 Å². The predicted molar refractivity (Wildman–Crippen MR) is 184 cm³/mol. The molecule has 4 rings (SSSR count). The molecular formula is C36H52N6O3. The van der Waals surface area contributed by atoms with Gasteiger partial charge in [0.25, 0.3) is 0 Å². The summed E-state index contributed by atoms with van der Waals surface area (Å²) in [5, 5.41) is 4.01. The summed E-state index contributed by atoms with van der Waals surface area (Å²) in [5.74, 6) is 0.674. The summed E-state index contributed by atoms with van der Waals surface area (Å²) in [5.41, 5.74) is 7.06. The highest BCUT2D eigenvalue weighted by molar-refractivity contribution is 5.95. The molecule has 2 N–H and O–H groups in total. The summed E-state index contributed by atoms with van der Waals surface area (Å²) in [6, 6.07) is 12.9. The number of fused-ring (bicyclic) bond motifs is 1. The number of hydrogen-bond donors (Lipinski definition) is 2. The zero-order chi connectivity index (χ0) is 32.9. The van der Waals surface area contributed by atoms with Crippen LogP contribution in [0.4, 0.5) is 4.79 Å².